The van der Waals surface area contributed by atoms with Gasteiger partial charge in [0.1, 0.15) is 18.6 Å². The number of nitrogens with zero attached hydrogens (tertiary/aromatic N) is 2. The van der Waals surface area contributed by atoms with Crippen molar-refractivity contribution in [1.82, 2.24) is 4.57 Å². The van der Waals surface area contributed by atoms with Gasteiger partial charge in [-0.05, 0) is 13.3 Å². The van der Waals surface area contributed by atoms with E-state index in [9.17, 15) is 25.2 Å². The zero-order valence-electron chi connectivity index (χ0n) is 10.6. The fraction of sp³-hybridized carbons (Fsp3) is 0.667. The first-order chi connectivity index (χ1) is 8.19. The molecule has 0 aliphatic rings. The third kappa shape index (κ3) is 15.1. The number of hydrogen-bond donors (Lipinski definition) is 1. The molecule has 1 aromatic rings. The van der Waals surface area contributed by atoms with Crippen LogP contribution in [0.4, 0.5) is 25.2 Å². The van der Waals surface area contributed by atoms with E-state index < -0.39 is 7.81 Å². The van der Waals surface area contributed by atoms with E-state index in [2.05, 4.69) is 24.0 Å². The molecule has 0 spiro atoms. The molecular weight excluding hydrogens is 295 g/mol. The normalized spacial score (nSPS) is 16.9. The number of unbranched alkanes of at least 4 members (excludes halogenated alkanes) is 1. The second-order valence-corrected chi connectivity index (χ2v) is 6.07. The topological polar surface area (TPSA) is 34.8 Å². The standard InChI is InChI=1S/C9H18N3.F6P/c1-3-4-5-11-6-7-12(8-11)9(2)10;1-7(2,3,4,5)6/h6-9H,3-5,10H2,1-2H3;/q+1;-1. The molecule has 1 unspecified atom stereocenters. The van der Waals surface area contributed by atoms with E-state index in [0.717, 1.165) is 6.54 Å². The van der Waals surface area contributed by atoms with Gasteiger partial charge in [0, 0.05) is 0 Å². The Bertz CT molecular complexity index is 385. The zero-order chi connectivity index (χ0) is 15.4. The quantitative estimate of drug-likeness (QED) is 0.498. The van der Waals surface area contributed by atoms with Crippen LogP contribution in [-0.2, 0) is 6.54 Å². The minimum atomic E-state index is -10.7. The molecule has 0 saturated heterocycles. The Kier molecular flexibility index (Phi) is 5.05. The van der Waals surface area contributed by atoms with Gasteiger partial charge >= 0.3 is 33.0 Å². The SMILES string of the molecule is CCCC[n+]1ccn(C(C)N)c1.F[P-](F)(F)(F)(F)F. The van der Waals surface area contributed by atoms with Crippen LogP contribution in [-0.4, -0.2) is 4.57 Å². The predicted molar refractivity (Wildman–Crippen MR) is 62.0 cm³/mol. The van der Waals surface area contributed by atoms with E-state index in [-0.39, 0.29) is 6.17 Å². The predicted octanol–water partition coefficient (Wildman–Crippen LogP) is 4.44. The molecule has 19 heavy (non-hydrogen) atoms. The van der Waals surface area contributed by atoms with Crippen LogP contribution in [0.2, 0.25) is 0 Å². The molecule has 1 heterocycles. The van der Waals surface area contributed by atoms with Crippen LogP contribution in [0.1, 0.15) is 32.9 Å². The molecule has 116 valence electrons. The van der Waals surface area contributed by atoms with Gasteiger partial charge in [0.2, 0.25) is 6.33 Å². The van der Waals surface area contributed by atoms with Crippen LogP contribution < -0.4 is 10.3 Å². The van der Waals surface area contributed by atoms with E-state index in [1.165, 1.54) is 12.8 Å². The first kappa shape index (κ1) is 18.2. The Morgan fingerprint density at radius 3 is 2.00 bits per heavy atom. The Balaban J connectivity index is 0.000000399. The van der Waals surface area contributed by atoms with Gasteiger partial charge < -0.3 is 0 Å². The summed E-state index contributed by atoms with van der Waals surface area (Å²) in [5.74, 6) is 0. The Morgan fingerprint density at radius 1 is 1.21 bits per heavy atom. The molecule has 1 atom stereocenters. The number of halogens is 6. The summed E-state index contributed by atoms with van der Waals surface area (Å²) >= 11 is 0. The van der Waals surface area contributed by atoms with Crippen molar-refractivity contribution in [2.45, 2.75) is 39.4 Å². The van der Waals surface area contributed by atoms with Crippen LogP contribution in [0.3, 0.4) is 0 Å². The summed E-state index contributed by atoms with van der Waals surface area (Å²) in [6, 6.07) is 0. The molecule has 0 fully saturated rings. The molecular formula is C9H18F6N3P. The van der Waals surface area contributed by atoms with E-state index in [4.69, 9.17) is 5.73 Å². The van der Waals surface area contributed by atoms with Crippen LogP contribution in [0, 0.1) is 0 Å². The Hall–Kier alpha value is -0.820. The molecule has 10 heteroatoms. The molecule has 1 aromatic heterocycles. The van der Waals surface area contributed by atoms with Gasteiger partial charge in [-0.15, -0.1) is 0 Å². The molecule has 1 rings (SSSR count). The van der Waals surface area contributed by atoms with Gasteiger partial charge in [-0.3, -0.25) is 5.73 Å². The molecule has 0 aliphatic heterocycles. The van der Waals surface area contributed by atoms with Gasteiger partial charge in [-0.1, -0.05) is 13.3 Å². The van der Waals surface area contributed by atoms with E-state index in [0.29, 0.717) is 0 Å². The summed E-state index contributed by atoms with van der Waals surface area (Å²) in [5.41, 5.74) is 5.71. The van der Waals surface area contributed by atoms with E-state index >= 15 is 0 Å². The van der Waals surface area contributed by atoms with E-state index in [1.807, 2.05) is 17.7 Å². The minimum absolute atomic E-state index is 0.0767. The average Bonchev–Trinajstić information content (AvgIpc) is 2.57. The number of hydrogen-bond acceptors (Lipinski definition) is 1. The Morgan fingerprint density at radius 2 is 1.68 bits per heavy atom. The molecule has 3 nitrogen and oxygen atoms in total. The molecule has 0 saturated carbocycles. The van der Waals surface area contributed by atoms with Gasteiger partial charge in [-0.2, -0.15) is 0 Å². The first-order valence-electron chi connectivity index (χ1n) is 5.57. The summed E-state index contributed by atoms with van der Waals surface area (Å²) < 4.78 is 63.4. The fourth-order valence-electron chi connectivity index (χ4n) is 1.12. The summed E-state index contributed by atoms with van der Waals surface area (Å²) in [6.07, 6.45) is 8.68. The molecule has 0 bridgehead atoms. The van der Waals surface area contributed by atoms with Crippen molar-refractivity contribution < 1.29 is 29.7 Å². The number of aryl methyl sites for hydroxylation is 1. The van der Waals surface area contributed by atoms with Crippen molar-refractivity contribution in [1.29, 1.82) is 0 Å². The number of aromatic nitrogens is 2. The van der Waals surface area contributed by atoms with Crippen molar-refractivity contribution in [3.63, 3.8) is 0 Å². The van der Waals surface area contributed by atoms with Crippen molar-refractivity contribution >= 4 is 7.81 Å². The van der Waals surface area contributed by atoms with Crippen molar-refractivity contribution in [3.8, 4) is 0 Å². The number of imidazole rings is 1. The van der Waals surface area contributed by atoms with Gasteiger partial charge in [-0.25, -0.2) is 9.13 Å². The van der Waals surface area contributed by atoms with Gasteiger partial charge in [0.25, 0.3) is 0 Å². The number of nitrogens with two attached hydrogens (primary N) is 1. The number of rotatable bonds is 4. The van der Waals surface area contributed by atoms with Gasteiger partial charge in [0.05, 0.1) is 6.54 Å². The van der Waals surface area contributed by atoms with Crippen LogP contribution in [0.25, 0.3) is 0 Å². The second-order valence-electron chi connectivity index (χ2n) is 4.15. The summed E-state index contributed by atoms with van der Waals surface area (Å²) in [4.78, 5) is 0. The third-order valence-corrected chi connectivity index (χ3v) is 1.95. The van der Waals surface area contributed by atoms with Gasteiger partial charge in [0.15, 0.2) is 0 Å². The van der Waals surface area contributed by atoms with Crippen molar-refractivity contribution in [3.05, 3.63) is 18.7 Å². The average molecular weight is 313 g/mol. The zero-order valence-corrected chi connectivity index (χ0v) is 11.5. The molecule has 2 N–H and O–H groups in total. The maximum absolute atomic E-state index is 10.7. The maximum atomic E-state index is 9.87. The molecule has 0 amide bonds. The summed E-state index contributed by atoms with van der Waals surface area (Å²) in [5, 5.41) is 0. The van der Waals surface area contributed by atoms with Crippen molar-refractivity contribution in [2.75, 3.05) is 0 Å². The third-order valence-electron chi connectivity index (χ3n) is 1.95. The first-order valence-corrected chi connectivity index (χ1v) is 7.60. The summed E-state index contributed by atoms with van der Waals surface area (Å²) in [7, 11) is -10.7. The monoisotopic (exact) mass is 313 g/mol. The van der Waals surface area contributed by atoms with Crippen LogP contribution in [0.5, 0.6) is 0 Å². The van der Waals surface area contributed by atoms with Crippen LogP contribution >= 0.6 is 7.81 Å². The fourth-order valence-corrected chi connectivity index (χ4v) is 1.12. The van der Waals surface area contributed by atoms with E-state index in [1.54, 1.807) is 0 Å². The molecule has 0 aromatic carbocycles. The van der Waals surface area contributed by atoms with Crippen molar-refractivity contribution in [2.24, 2.45) is 5.73 Å². The molecule has 0 aliphatic carbocycles. The second kappa shape index (κ2) is 5.28. The van der Waals surface area contributed by atoms with Crippen LogP contribution in [0.15, 0.2) is 18.7 Å². The summed E-state index contributed by atoms with van der Waals surface area (Å²) in [6.45, 7) is 5.27. The molecule has 0 radical (unpaired) electrons. The Labute approximate surface area is 107 Å².